The van der Waals surface area contributed by atoms with E-state index in [1.165, 1.54) is 6.20 Å². The first-order chi connectivity index (χ1) is 9.96. The van der Waals surface area contributed by atoms with Crippen molar-refractivity contribution in [2.45, 2.75) is 32.1 Å². The number of hydrogen-bond donors (Lipinski definition) is 1. The molecular formula is C17H26FN3. The maximum atomic E-state index is 14.1. The Morgan fingerprint density at radius 2 is 2.38 bits per heavy atom. The molecule has 1 aliphatic rings. The zero-order valence-corrected chi connectivity index (χ0v) is 13.3. The highest BCUT2D eigenvalue weighted by Crippen LogP contribution is 2.38. The zero-order valence-electron chi connectivity index (χ0n) is 13.3. The van der Waals surface area contributed by atoms with Gasteiger partial charge in [-0.25, -0.2) is 4.98 Å². The highest BCUT2D eigenvalue weighted by Gasteiger charge is 2.35. The molecular weight excluding hydrogens is 265 g/mol. The first-order valence-corrected chi connectivity index (χ1v) is 7.64. The molecule has 2 heterocycles. The quantitative estimate of drug-likeness (QED) is 0.865. The maximum absolute atomic E-state index is 14.1. The number of aromatic nitrogens is 1. The van der Waals surface area contributed by atoms with Crippen LogP contribution >= 0.6 is 0 Å². The molecule has 2 unspecified atom stereocenters. The molecule has 0 aliphatic carbocycles. The topological polar surface area (TPSA) is 28.2 Å². The van der Waals surface area contributed by atoms with Crippen LogP contribution in [0.1, 0.15) is 32.3 Å². The van der Waals surface area contributed by atoms with Crippen molar-refractivity contribution in [3.63, 3.8) is 0 Å². The van der Waals surface area contributed by atoms with E-state index >= 15 is 0 Å². The first-order valence-electron chi connectivity index (χ1n) is 7.64. The molecule has 21 heavy (non-hydrogen) atoms. The molecule has 1 fully saturated rings. The Balaban J connectivity index is 2.20. The fraction of sp³-hybridized carbons (Fsp3) is 0.588. The van der Waals surface area contributed by atoms with Gasteiger partial charge in [0.1, 0.15) is 0 Å². The van der Waals surface area contributed by atoms with Crippen molar-refractivity contribution >= 4 is 0 Å². The Bertz CT molecular complexity index is 503. The fourth-order valence-corrected chi connectivity index (χ4v) is 3.47. The molecule has 0 radical (unpaired) electrons. The van der Waals surface area contributed by atoms with Gasteiger partial charge in [-0.3, -0.25) is 0 Å². The highest BCUT2D eigenvalue weighted by molar-refractivity contribution is 5.23. The molecule has 0 saturated carbocycles. The van der Waals surface area contributed by atoms with Gasteiger partial charge in [0.15, 0.2) is 0 Å². The molecule has 0 bridgehead atoms. The Hall–Kier alpha value is -1.42. The smallest absolute Gasteiger partial charge is 0.216 e. The van der Waals surface area contributed by atoms with Crippen molar-refractivity contribution in [1.82, 2.24) is 15.2 Å². The minimum absolute atomic E-state index is 0.160. The Kier molecular flexibility index (Phi) is 4.99. The number of pyridine rings is 1. The summed E-state index contributed by atoms with van der Waals surface area (Å²) in [4.78, 5) is 6.16. The predicted molar refractivity (Wildman–Crippen MR) is 84.6 cm³/mol. The van der Waals surface area contributed by atoms with Crippen LogP contribution < -0.4 is 5.32 Å². The summed E-state index contributed by atoms with van der Waals surface area (Å²) in [7, 11) is 1.93. The summed E-state index contributed by atoms with van der Waals surface area (Å²) < 4.78 is 14.1. The number of likely N-dealkylation sites (tertiary alicyclic amines) is 1. The van der Waals surface area contributed by atoms with E-state index in [0.29, 0.717) is 5.92 Å². The van der Waals surface area contributed by atoms with Crippen LogP contribution in [0.3, 0.4) is 0 Å². The molecule has 1 aliphatic heterocycles. The van der Waals surface area contributed by atoms with Gasteiger partial charge < -0.3 is 10.2 Å². The van der Waals surface area contributed by atoms with Gasteiger partial charge in [-0.2, -0.15) is 4.39 Å². The average Bonchev–Trinajstić information content (AvgIpc) is 2.58. The van der Waals surface area contributed by atoms with Crippen molar-refractivity contribution in [3.8, 4) is 0 Å². The van der Waals surface area contributed by atoms with Crippen LogP contribution in [-0.4, -0.2) is 36.6 Å². The normalized spacial score (nSPS) is 26.5. The molecule has 1 aromatic heterocycles. The van der Waals surface area contributed by atoms with Crippen LogP contribution in [0.2, 0.25) is 0 Å². The minimum atomic E-state index is -0.324. The molecule has 2 rings (SSSR count). The Morgan fingerprint density at radius 1 is 1.62 bits per heavy atom. The second-order valence-corrected chi connectivity index (χ2v) is 6.50. The van der Waals surface area contributed by atoms with E-state index in [0.717, 1.165) is 43.7 Å². The van der Waals surface area contributed by atoms with E-state index in [2.05, 4.69) is 35.6 Å². The Morgan fingerprint density at radius 3 is 3.05 bits per heavy atom. The first kappa shape index (κ1) is 16.0. The molecule has 0 aromatic carbocycles. The van der Waals surface area contributed by atoms with Gasteiger partial charge in [-0.05, 0) is 37.3 Å². The molecule has 1 aromatic rings. The van der Waals surface area contributed by atoms with Crippen molar-refractivity contribution in [1.29, 1.82) is 0 Å². The van der Waals surface area contributed by atoms with Gasteiger partial charge >= 0.3 is 0 Å². The zero-order chi connectivity index (χ0) is 15.5. The van der Waals surface area contributed by atoms with Crippen molar-refractivity contribution < 1.29 is 4.39 Å². The van der Waals surface area contributed by atoms with Gasteiger partial charge in [-0.15, -0.1) is 0 Å². The number of halogens is 1. The molecule has 4 heteroatoms. The summed E-state index contributed by atoms with van der Waals surface area (Å²) in [5, 5.41) is 3.15. The summed E-state index contributed by atoms with van der Waals surface area (Å²) in [5.41, 5.74) is 1.70. The van der Waals surface area contributed by atoms with Crippen molar-refractivity contribution in [2.75, 3.05) is 26.7 Å². The number of hydrogen-bond acceptors (Lipinski definition) is 3. The third-order valence-electron chi connectivity index (χ3n) is 4.50. The third kappa shape index (κ3) is 3.62. The van der Waals surface area contributed by atoms with E-state index in [4.69, 9.17) is 0 Å². The average molecular weight is 291 g/mol. The van der Waals surface area contributed by atoms with Crippen LogP contribution in [0, 0.1) is 11.9 Å². The lowest BCUT2D eigenvalue weighted by Crippen LogP contribution is -2.31. The van der Waals surface area contributed by atoms with Crippen LogP contribution in [-0.2, 0) is 5.41 Å². The van der Waals surface area contributed by atoms with Gasteiger partial charge in [0.2, 0.25) is 5.95 Å². The number of likely N-dealkylation sites (N-methyl/N-ethyl adjacent to an activating group) is 1. The van der Waals surface area contributed by atoms with Crippen LogP contribution in [0.5, 0.6) is 0 Å². The summed E-state index contributed by atoms with van der Waals surface area (Å²) in [6.45, 7) is 11.2. The largest absolute Gasteiger partial charge is 0.374 e. The SMILES string of the molecule is C=C(CNC)N1CCC(C)(c2cccnc2F)CC(C)C1. The van der Waals surface area contributed by atoms with Crippen molar-refractivity contribution in [2.24, 2.45) is 5.92 Å². The Labute approximate surface area is 127 Å². The molecule has 0 amide bonds. The summed E-state index contributed by atoms with van der Waals surface area (Å²) in [6, 6.07) is 3.71. The van der Waals surface area contributed by atoms with E-state index < -0.39 is 0 Å². The van der Waals surface area contributed by atoms with Crippen LogP contribution in [0.4, 0.5) is 4.39 Å². The van der Waals surface area contributed by atoms with Gasteiger partial charge in [0.25, 0.3) is 0 Å². The fourth-order valence-electron chi connectivity index (χ4n) is 3.47. The lowest BCUT2D eigenvalue weighted by molar-refractivity contribution is 0.313. The number of nitrogens with one attached hydrogen (secondary N) is 1. The second-order valence-electron chi connectivity index (χ2n) is 6.50. The predicted octanol–water partition coefficient (Wildman–Crippen LogP) is 2.94. The number of nitrogens with zero attached hydrogens (tertiary/aromatic N) is 2. The molecule has 2 atom stereocenters. The van der Waals surface area contributed by atoms with Crippen LogP contribution in [0.15, 0.2) is 30.6 Å². The molecule has 116 valence electrons. The molecule has 3 nitrogen and oxygen atoms in total. The lowest BCUT2D eigenvalue weighted by Gasteiger charge is -2.30. The van der Waals surface area contributed by atoms with Gasteiger partial charge in [-0.1, -0.05) is 26.5 Å². The summed E-state index contributed by atoms with van der Waals surface area (Å²) in [6.07, 6.45) is 3.41. The summed E-state index contributed by atoms with van der Waals surface area (Å²) in [5.74, 6) is 0.167. The number of rotatable bonds is 4. The van der Waals surface area contributed by atoms with Gasteiger partial charge in [0, 0.05) is 37.1 Å². The minimum Gasteiger partial charge on any atom is -0.374 e. The molecule has 1 N–H and O–H groups in total. The highest BCUT2D eigenvalue weighted by atomic mass is 19.1. The molecule has 0 spiro atoms. The van der Waals surface area contributed by atoms with E-state index in [1.807, 2.05) is 19.2 Å². The van der Waals surface area contributed by atoms with Gasteiger partial charge in [0.05, 0.1) is 0 Å². The monoisotopic (exact) mass is 291 g/mol. The second kappa shape index (κ2) is 6.56. The van der Waals surface area contributed by atoms with Crippen LogP contribution in [0.25, 0.3) is 0 Å². The maximum Gasteiger partial charge on any atom is 0.216 e. The van der Waals surface area contributed by atoms with E-state index in [1.54, 1.807) is 0 Å². The van der Waals surface area contributed by atoms with E-state index in [9.17, 15) is 4.39 Å². The third-order valence-corrected chi connectivity index (χ3v) is 4.50. The molecule has 1 saturated heterocycles. The summed E-state index contributed by atoms with van der Waals surface area (Å²) >= 11 is 0. The standard InChI is InChI=1S/C17H26FN3/c1-13-10-17(3,15-6-5-8-20-16(15)18)7-9-21(12-13)14(2)11-19-4/h5-6,8,13,19H,2,7,9-12H2,1,3-4H3. The van der Waals surface area contributed by atoms with Crippen molar-refractivity contribution in [3.05, 3.63) is 42.1 Å². The van der Waals surface area contributed by atoms with E-state index in [-0.39, 0.29) is 11.4 Å². The lowest BCUT2D eigenvalue weighted by atomic mass is 9.74.